The van der Waals surface area contributed by atoms with Crippen molar-refractivity contribution >= 4 is 12.4 Å². The van der Waals surface area contributed by atoms with Gasteiger partial charge in [-0.3, -0.25) is 4.79 Å². The third kappa shape index (κ3) is 3.60. The Morgan fingerprint density at radius 3 is 2.73 bits per heavy atom. The normalized spacial score (nSPS) is 14.4. The number of rotatable bonds is 4. The summed E-state index contributed by atoms with van der Waals surface area (Å²) in [6, 6.07) is 4.87. The molecule has 1 aliphatic heterocycles. The number of benzene rings is 1. The lowest BCUT2D eigenvalue weighted by Crippen LogP contribution is -2.39. The zero-order valence-corrected chi connectivity index (χ0v) is 11.4. The molecule has 0 N–H and O–H groups in total. The minimum Gasteiger partial charge on any atom is -0.454 e. The smallest absolute Gasteiger partial charge is 0.432 e. The second-order valence-electron chi connectivity index (χ2n) is 4.53. The lowest BCUT2D eigenvalue weighted by molar-refractivity contribution is -0.199. The van der Waals surface area contributed by atoms with Crippen LogP contribution in [0, 0.1) is 0 Å². The summed E-state index contributed by atoms with van der Waals surface area (Å²) >= 11 is 0. The molecule has 1 unspecified atom stereocenters. The Kier molecular flexibility index (Phi) is 4.43. The van der Waals surface area contributed by atoms with Crippen LogP contribution in [-0.4, -0.2) is 43.4 Å². The number of ether oxygens (including phenoxy) is 3. The summed E-state index contributed by atoms with van der Waals surface area (Å²) in [7, 11) is 1.26. The first-order valence-electron chi connectivity index (χ1n) is 6.13. The molecule has 1 aliphatic rings. The van der Waals surface area contributed by atoms with Gasteiger partial charge in [-0.1, -0.05) is 6.07 Å². The Bertz CT molecular complexity index is 575. The molecule has 1 aromatic carbocycles. The fourth-order valence-electron chi connectivity index (χ4n) is 1.75. The van der Waals surface area contributed by atoms with Crippen molar-refractivity contribution in [2.75, 3.05) is 13.8 Å². The predicted octanol–water partition coefficient (Wildman–Crippen LogP) is 2.11. The van der Waals surface area contributed by atoms with Crippen molar-refractivity contribution in [3.63, 3.8) is 0 Å². The van der Waals surface area contributed by atoms with Crippen molar-refractivity contribution < 1.29 is 37.0 Å². The first-order chi connectivity index (χ1) is 10.3. The third-order valence-electron chi connectivity index (χ3n) is 2.84. The van der Waals surface area contributed by atoms with Crippen LogP contribution < -0.4 is 9.47 Å². The van der Waals surface area contributed by atoms with Gasteiger partial charge in [0.1, 0.15) is 0 Å². The van der Waals surface area contributed by atoms with Crippen LogP contribution in [0.2, 0.25) is 0 Å². The molecule has 6 nitrogen and oxygen atoms in total. The SMILES string of the molecule is CN(Cc1ccc2c(c1)OCO2)C(=O)OC(C=O)C(F)(F)F. The highest BCUT2D eigenvalue weighted by Crippen LogP contribution is 2.32. The van der Waals surface area contributed by atoms with E-state index in [9.17, 15) is 22.8 Å². The number of alkyl halides is 3. The second kappa shape index (κ2) is 6.12. The number of aldehydes is 1. The molecule has 1 heterocycles. The monoisotopic (exact) mass is 319 g/mol. The Hall–Kier alpha value is -2.45. The molecule has 0 saturated heterocycles. The van der Waals surface area contributed by atoms with Gasteiger partial charge in [-0.15, -0.1) is 0 Å². The molecule has 0 bridgehead atoms. The van der Waals surface area contributed by atoms with E-state index in [1.165, 1.54) is 7.05 Å². The predicted molar refractivity (Wildman–Crippen MR) is 66.4 cm³/mol. The van der Waals surface area contributed by atoms with Crippen molar-refractivity contribution in [2.24, 2.45) is 0 Å². The van der Waals surface area contributed by atoms with Crippen LogP contribution in [0.5, 0.6) is 11.5 Å². The molecule has 120 valence electrons. The van der Waals surface area contributed by atoms with Gasteiger partial charge >= 0.3 is 12.3 Å². The van der Waals surface area contributed by atoms with Gasteiger partial charge in [-0.05, 0) is 17.7 Å². The summed E-state index contributed by atoms with van der Waals surface area (Å²) in [6.45, 7) is 0.0716. The summed E-state index contributed by atoms with van der Waals surface area (Å²) in [5.74, 6) is 1.03. The van der Waals surface area contributed by atoms with Gasteiger partial charge < -0.3 is 19.1 Å². The van der Waals surface area contributed by atoms with Crippen LogP contribution in [0.15, 0.2) is 18.2 Å². The van der Waals surface area contributed by atoms with Gasteiger partial charge in [0.05, 0.1) is 0 Å². The zero-order chi connectivity index (χ0) is 16.3. The van der Waals surface area contributed by atoms with E-state index in [-0.39, 0.29) is 13.3 Å². The number of carbonyl (C=O) groups excluding carboxylic acids is 2. The van der Waals surface area contributed by atoms with E-state index in [1.54, 1.807) is 18.2 Å². The van der Waals surface area contributed by atoms with Gasteiger partial charge in [0.25, 0.3) is 6.10 Å². The maximum absolute atomic E-state index is 12.4. The minimum atomic E-state index is -4.93. The van der Waals surface area contributed by atoms with Crippen molar-refractivity contribution in [1.82, 2.24) is 4.90 Å². The van der Waals surface area contributed by atoms with Crippen LogP contribution in [0.3, 0.4) is 0 Å². The lowest BCUT2D eigenvalue weighted by atomic mass is 10.2. The van der Waals surface area contributed by atoms with Crippen LogP contribution in [0.4, 0.5) is 18.0 Å². The summed E-state index contributed by atoms with van der Waals surface area (Å²) in [5.41, 5.74) is 0.610. The number of nitrogens with zero attached hydrogens (tertiary/aromatic N) is 1. The molecule has 1 amide bonds. The van der Waals surface area contributed by atoms with E-state index in [4.69, 9.17) is 9.47 Å². The van der Waals surface area contributed by atoms with Crippen molar-refractivity contribution in [2.45, 2.75) is 18.8 Å². The van der Waals surface area contributed by atoms with Crippen molar-refractivity contribution in [3.8, 4) is 11.5 Å². The number of hydrogen-bond donors (Lipinski definition) is 0. The molecule has 0 aromatic heterocycles. The summed E-state index contributed by atoms with van der Waals surface area (Å²) < 4.78 is 51.5. The van der Waals surface area contributed by atoms with E-state index >= 15 is 0 Å². The topological polar surface area (TPSA) is 65.1 Å². The number of carbonyl (C=O) groups is 2. The highest BCUT2D eigenvalue weighted by molar-refractivity contribution is 5.71. The Labute approximate surface area is 123 Å². The van der Waals surface area contributed by atoms with Crippen LogP contribution in [0.25, 0.3) is 0 Å². The average molecular weight is 319 g/mol. The Morgan fingerprint density at radius 2 is 2.09 bits per heavy atom. The van der Waals surface area contributed by atoms with Gasteiger partial charge in [0.2, 0.25) is 6.79 Å². The third-order valence-corrected chi connectivity index (χ3v) is 2.84. The fraction of sp³-hybridized carbons (Fsp3) is 0.385. The average Bonchev–Trinajstić information content (AvgIpc) is 2.90. The van der Waals surface area contributed by atoms with Crippen LogP contribution >= 0.6 is 0 Å². The molecule has 22 heavy (non-hydrogen) atoms. The minimum absolute atomic E-state index is 0.0150. The highest BCUT2D eigenvalue weighted by Gasteiger charge is 2.43. The Morgan fingerprint density at radius 1 is 1.41 bits per heavy atom. The Balaban J connectivity index is 1.98. The quantitative estimate of drug-likeness (QED) is 0.795. The van der Waals surface area contributed by atoms with Crippen molar-refractivity contribution in [3.05, 3.63) is 23.8 Å². The first-order valence-corrected chi connectivity index (χ1v) is 6.13. The number of hydrogen-bond acceptors (Lipinski definition) is 5. The molecule has 2 rings (SSSR count). The van der Waals surface area contributed by atoms with Crippen LogP contribution in [0.1, 0.15) is 5.56 Å². The maximum Gasteiger partial charge on any atom is 0.432 e. The van der Waals surface area contributed by atoms with Crippen molar-refractivity contribution in [1.29, 1.82) is 0 Å². The molecule has 0 spiro atoms. The standard InChI is InChI=1S/C13H12F3NO5/c1-17(12(19)22-11(6-18)13(14,15)16)5-8-2-3-9-10(4-8)21-7-20-9/h2-4,6,11H,5,7H2,1H3. The van der Waals surface area contributed by atoms with E-state index in [0.717, 1.165) is 4.90 Å². The zero-order valence-electron chi connectivity index (χ0n) is 11.4. The molecular formula is C13H12F3NO5. The van der Waals surface area contributed by atoms with Gasteiger partial charge in [-0.25, -0.2) is 4.79 Å². The first kappa shape index (κ1) is 15.9. The van der Waals surface area contributed by atoms with Crippen LogP contribution in [-0.2, 0) is 16.1 Å². The summed E-state index contributed by atoms with van der Waals surface area (Å²) in [5, 5.41) is 0. The van der Waals surface area contributed by atoms with E-state index < -0.39 is 24.7 Å². The van der Waals surface area contributed by atoms with Gasteiger partial charge in [0, 0.05) is 13.6 Å². The lowest BCUT2D eigenvalue weighted by Gasteiger charge is -2.21. The molecule has 1 atom stereocenters. The summed E-state index contributed by atoms with van der Waals surface area (Å²) in [6.07, 6.45) is -9.44. The van der Waals surface area contributed by atoms with Gasteiger partial charge in [0.15, 0.2) is 17.8 Å². The molecule has 0 saturated carbocycles. The van der Waals surface area contributed by atoms with E-state index in [1.807, 2.05) is 0 Å². The van der Waals surface area contributed by atoms with E-state index in [0.29, 0.717) is 17.1 Å². The summed E-state index contributed by atoms with van der Waals surface area (Å²) in [4.78, 5) is 22.9. The largest absolute Gasteiger partial charge is 0.454 e. The molecule has 0 aliphatic carbocycles. The van der Waals surface area contributed by atoms with E-state index in [2.05, 4.69) is 4.74 Å². The molecule has 0 radical (unpaired) electrons. The number of amides is 1. The number of halogens is 3. The highest BCUT2D eigenvalue weighted by atomic mass is 19.4. The molecule has 1 aromatic rings. The number of fused-ring (bicyclic) bond motifs is 1. The fourth-order valence-corrected chi connectivity index (χ4v) is 1.75. The second-order valence-corrected chi connectivity index (χ2v) is 4.53. The molecule has 9 heteroatoms. The van der Waals surface area contributed by atoms with Gasteiger partial charge in [-0.2, -0.15) is 13.2 Å². The maximum atomic E-state index is 12.4. The molecule has 0 fully saturated rings. The molecular weight excluding hydrogens is 307 g/mol.